The van der Waals surface area contributed by atoms with E-state index in [2.05, 4.69) is 35.3 Å². The first kappa shape index (κ1) is 20.9. The molecule has 0 saturated carbocycles. The Balaban J connectivity index is 0.00000288. The summed E-state index contributed by atoms with van der Waals surface area (Å²) in [6.45, 7) is 10.1. The van der Waals surface area contributed by atoms with Gasteiger partial charge in [0, 0.05) is 19.6 Å². The van der Waals surface area contributed by atoms with Crippen molar-refractivity contribution in [1.29, 1.82) is 0 Å². The molecule has 2 rings (SSSR count). The minimum atomic E-state index is -0.440. The third-order valence-corrected chi connectivity index (χ3v) is 4.73. The fourth-order valence-electron chi connectivity index (χ4n) is 3.16. The Morgan fingerprint density at radius 2 is 2.00 bits per heavy atom. The van der Waals surface area contributed by atoms with Crippen LogP contribution in [0.25, 0.3) is 0 Å². The number of amides is 1. The van der Waals surface area contributed by atoms with E-state index in [1.807, 2.05) is 19.9 Å². The Morgan fingerprint density at radius 3 is 2.62 bits per heavy atom. The normalized spacial score (nSPS) is 19.6. The van der Waals surface area contributed by atoms with Crippen molar-refractivity contribution in [2.45, 2.75) is 52.7 Å². The summed E-state index contributed by atoms with van der Waals surface area (Å²) < 4.78 is 0. The standard InChI is InChI=1S/C19H31N3O.ClH/c1-14(2)18(20)19(23)21-11-16-8-4-5-9-17(16)13-22-10-6-7-15(3)12-22;/h4-5,8-9,14-15,18H,6-7,10-13,20H2,1-3H3,(H,21,23);1H/t15?,18-;/m0./s1. The Morgan fingerprint density at radius 1 is 1.33 bits per heavy atom. The van der Waals surface area contributed by atoms with E-state index in [0.29, 0.717) is 6.54 Å². The van der Waals surface area contributed by atoms with E-state index in [1.165, 1.54) is 37.1 Å². The summed E-state index contributed by atoms with van der Waals surface area (Å²) >= 11 is 0. The number of nitrogens with zero attached hydrogens (tertiary/aromatic N) is 1. The van der Waals surface area contributed by atoms with Gasteiger partial charge in [0.2, 0.25) is 5.91 Å². The molecule has 1 fully saturated rings. The number of carbonyl (C=O) groups is 1. The van der Waals surface area contributed by atoms with Crippen molar-refractivity contribution in [3.63, 3.8) is 0 Å². The van der Waals surface area contributed by atoms with Crippen LogP contribution >= 0.6 is 12.4 Å². The third kappa shape index (κ3) is 6.08. The van der Waals surface area contributed by atoms with Crippen LogP contribution in [-0.2, 0) is 17.9 Å². The Kier molecular flexibility index (Phi) is 8.74. The van der Waals surface area contributed by atoms with Gasteiger partial charge in [-0.25, -0.2) is 0 Å². The van der Waals surface area contributed by atoms with Crippen molar-refractivity contribution in [2.75, 3.05) is 13.1 Å². The number of nitrogens with two attached hydrogens (primary N) is 1. The van der Waals surface area contributed by atoms with Gasteiger partial charge in [-0.3, -0.25) is 9.69 Å². The highest BCUT2D eigenvalue weighted by molar-refractivity contribution is 5.85. The highest BCUT2D eigenvalue weighted by Gasteiger charge is 2.19. The molecular formula is C19H32ClN3O. The first-order valence-corrected chi connectivity index (χ1v) is 8.79. The topological polar surface area (TPSA) is 58.4 Å². The van der Waals surface area contributed by atoms with Gasteiger partial charge in [-0.05, 0) is 42.3 Å². The molecule has 4 nitrogen and oxygen atoms in total. The van der Waals surface area contributed by atoms with Crippen molar-refractivity contribution in [3.05, 3.63) is 35.4 Å². The molecule has 1 aromatic carbocycles. The molecule has 1 heterocycles. The highest BCUT2D eigenvalue weighted by Crippen LogP contribution is 2.19. The summed E-state index contributed by atoms with van der Waals surface area (Å²) in [6, 6.07) is 7.94. The number of rotatable bonds is 6. The molecular weight excluding hydrogens is 322 g/mol. The molecule has 0 radical (unpaired) electrons. The summed E-state index contributed by atoms with van der Waals surface area (Å²) in [5, 5.41) is 2.98. The number of likely N-dealkylation sites (tertiary alicyclic amines) is 1. The van der Waals surface area contributed by atoms with Crippen LogP contribution in [0.2, 0.25) is 0 Å². The van der Waals surface area contributed by atoms with Crippen LogP contribution in [-0.4, -0.2) is 29.9 Å². The zero-order valence-electron chi connectivity index (χ0n) is 15.1. The Hall–Kier alpha value is -1.10. The molecule has 136 valence electrons. The fraction of sp³-hybridized carbons (Fsp3) is 0.632. The zero-order valence-corrected chi connectivity index (χ0v) is 15.9. The van der Waals surface area contributed by atoms with Crippen LogP contribution in [0.15, 0.2) is 24.3 Å². The van der Waals surface area contributed by atoms with Crippen LogP contribution < -0.4 is 11.1 Å². The van der Waals surface area contributed by atoms with Gasteiger partial charge in [0.05, 0.1) is 6.04 Å². The lowest BCUT2D eigenvalue weighted by Crippen LogP contribution is -2.43. The van der Waals surface area contributed by atoms with E-state index in [4.69, 9.17) is 5.73 Å². The predicted molar refractivity (Wildman–Crippen MR) is 102 cm³/mol. The molecule has 0 aromatic heterocycles. The third-order valence-electron chi connectivity index (χ3n) is 4.73. The highest BCUT2D eigenvalue weighted by atomic mass is 35.5. The number of carbonyl (C=O) groups excluding carboxylic acids is 1. The van der Waals surface area contributed by atoms with Crippen molar-refractivity contribution in [1.82, 2.24) is 10.2 Å². The van der Waals surface area contributed by atoms with Crippen molar-refractivity contribution in [3.8, 4) is 0 Å². The lowest BCUT2D eigenvalue weighted by molar-refractivity contribution is -0.123. The number of nitrogens with one attached hydrogen (secondary N) is 1. The lowest BCUT2D eigenvalue weighted by Gasteiger charge is -2.31. The van der Waals surface area contributed by atoms with Crippen LogP contribution in [0.3, 0.4) is 0 Å². The maximum absolute atomic E-state index is 12.1. The van der Waals surface area contributed by atoms with Gasteiger partial charge in [0.1, 0.15) is 0 Å². The van der Waals surface area contributed by atoms with Crippen molar-refractivity contribution >= 4 is 18.3 Å². The molecule has 3 N–H and O–H groups in total. The maximum Gasteiger partial charge on any atom is 0.237 e. The molecule has 1 aliphatic rings. The quantitative estimate of drug-likeness (QED) is 0.826. The number of hydrogen-bond acceptors (Lipinski definition) is 3. The smallest absolute Gasteiger partial charge is 0.237 e. The SMILES string of the molecule is CC1CCCN(Cc2ccccc2CNC(=O)[C@@H](N)C(C)C)C1.Cl. The Labute approximate surface area is 152 Å². The molecule has 0 aliphatic carbocycles. The van der Waals surface area contributed by atoms with Gasteiger partial charge in [-0.1, -0.05) is 45.0 Å². The molecule has 24 heavy (non-hydrogen) atoms. The van der Waals surface area contributed by atoms with E-state index >= 15 is 0 Å². The van der Waals surface area contributed by atoms with Crippen LogP contribution in [0, 0.1) is 11.8 Å². The second-order valence-corrected chi connectivity index (χ2v) is 7.24. The number of benzene rings is 1. The molecule has 1 aromatic rings. The zero-order chi connectivity index (χ0) is 16.8. The van der Waals surface area contributed by atoms with E-state index in [1.54, 1.807) is 0 Å². The molecule has 0 spiro atoms. The molecule has 2 atom stereocenters. The Bertz CT molecular complexity index is 521. The van der Waals surface area contributed by atoms with Gasteiger partial charge in [0.25, 0.3) is 0 Å². The van der Waals surface area contributed by atoms with Crippen molar-refractivity contribution in [2.24, 2.45) is 17.6 Å². The van der Waals surface area contributed by atoms with Crippen LogP contribution in [0.4, 0.5) is 0 Å². The molecule has 1 saturated heterocycles. The molecule has 1 aliphatic heterocycles. The van der Waals surface area contributed by atoms with Gasteiger partial charge in [0.15, 0.2) is 0 Å². The van der Waals surface area contributed by atoms with Crippen LogP contribution in [0.5, 0.6) is 0 Å². The van der Waals surface area contributed by atoms with Crippen LogP contribution in [0.1, 0.15) is 44.7 Å². The average molecular weight is 354 g/mol. The largest absolute Gasteiger partial charge is 0.351 e. The van der Waals surface area contributed by atoms with E-state index in [-0.39, 0.29) is 24.2 Å². The van der Waals surface area contributed by atoms with Gasteiger partial charge >= 0.3 is 0 Å². The average Bonchev–Trinajstić information content (AvgIpc) is 2.53. The number of piperidine rings is 1. The van der Waals surface area contributed by atoms with E-state index < -0.39 is 6.04 Å². The second kappa shape index (κ2) is 10.0. The fourth-order valence-corrected chi connectivity index (χ4v) is 3.16. The van der Waals surface area contributed by atoms with Gasteiger partial charge in [-0.15, -0.1) is 12.4 Å². The second-order valence-electron chi connectivity index (χ2n) is 7.24. The van der Waals surface area contributed by atoms with E-state index in [9.17, 15) is 4.79 Å². The van der Waals surface area contributed by atoms with E-state index in [0.717, 1.165) is 12.5 Å². The minimum absolute atomic E-state index is 0. The van der Waals surface area contributed by atoms with Gasteiger partial charge in [-0.2, -0.15) is 0 Å². The monoisotopic (exact) mass is 353 g/mol. The predicted octanol–water partition coefficient (Wildman–Crippen LogP) is 2.94. The summed E-state index contributed by atoms with van der Waals surface area (Å²) in [5.41, 5.74) is 8.40. The van der Waals surface area contributed by atoms with Gasteiger partial charge < -0.3 is 11.1 Å². The summed E-state index contributed by atoms with van der Waals surface area (Å²) in [4.78, 5) is 14.6. The number of hydrogen-bond donors (Lipinski definition) is 2. The maximum atomic E-state index is 12.1. The lowest BCUT2D eigenvalue weighted by atomic mass is 9.99. The number of halogens is 1. The first-order valence-electron chi connectivity index (χ1n) is 8.79. The summed E-state index contributed by atoms with van der Waals surface area (Å²) in [5.74, 6) is 0.862. The van der Waals surface area contributed by atoms with Crippen molar-refractivity contribution < 1.29 is 4.79 Å². The minimum Gasteiger partial charge on any atom is -0.351 e. The summed E-state index contributed by atoms with van der Waals surface area (Å²) in [7, 11) is 0. The molecule has 1 unspecified atom stereocenters. The molecule has 5 heteroatoms. The summed E-state index contributed by atoms with van der Waals surface area (Å²) in [6.07, 6.45) is 2.62. The first-order chi connectivity index (χ1) is 11.0. The molecule has 1 amide bonds. The molecule has 0 bridgehead atoms.